The molecule has 1 atom stereocenters. The van der Waals surface area contributed by atoms with Crippen molar-refractivity contribution in [1.29, 1.82) is 0 Å². The summed E-state index contributed by atoms with van der Waals surface area (Å²) in [6.07, 6.45) is 3.73. The minimum Gasteiger partial charge on any atom is -0.480 e. The number of hydrogen-bond donors (Lipinski definition) is 6. The average Bonchev–Trinajstić information content (AvgIpc) is 3.14. The second kappa shape index (κ2) is 20.1. The highest BCUT2D eigenvalue weighted by molar-refractivity contribution is 5.70. The molecule has 3 aliphatic rings. The molecule has 0 saturated carbocycles. The summed E-state index contributed by atoms with van der Waals surface area (Å²) in [5, 5.41) is 45.4. The summed E-state index contributed by atoms with van der Waals surface area (Å²) in [6.45, 7) is 5.42. The smallest absolute Gasteiger partial charge is 0.317 e. The molecule has 0 amide bonds. The van der Waals surface area contributed by atoms with Gasteiger partial charge in [0.05, 0.1) is 26.2 Å². The van der Waals surface area contributed by atoms with Crippen LogP contribution in [-0.4, -0.2) is 196 Å². The standard InChI is InChI=1S/C35H53N11O8/c47-29(48)22-41-14-15-42(23-30(49)50)18-19-46(25-32(53)54)28(21-43(17-16-41)24-31(51)52)20-26-4-6-27(7-5-26)37-33-38-34(44-10-2-1-3-11-44)40-35(39-33)45-12-8-36-9-13-45/h4-7,28,36H,1-3,8-25H2,(H,47,48)(H,49,50)(H,51,52)(H,53,54)(H,37,38,39,40). The van der Waals surface area contributed by atoms with Gasteiger partial charge in [-0.3, -0.25) is 38.8 Å². The van der Waals surface area contributed by atoms with Crippen molar-refractivity contribution in [2.24, 2.45) is 0 Å². The molecular formula is C35H53N11O8. The topological polar surface area (TPSA) is 231 Å². The van der Waals surface area contributed by atoms with Crippen LogP contribution in [0.2, 0.25) is 0 Å². The molecule has 0 spiro atoms. The molecule has 3 saturated heterocycles. The highest BCUT2D eigenvalue weighted by atomic mass is 16.4. The minimum atomic E-state index is -1.06. The van der Waals surface area contributed by atoms with Crippen LogP contribution in [-0.2, 0) is 25.6 Å². The zero-order chi connectivity index (χ0) is 38.5. The zero-order valence-electron chi connectivity index (χ0n) is 30.7. The summed E-state index contributed by atoms with van der Waals surface area (Å²) < 4.78 is 0. The minimum absolute atomic E-state index is 0.193. The highest BCUT2D eigenvalue weighted by Gasteiger charge is 2.28. The van der Waals surface area contributed by atoms with E-state index in [2.05, 4.69) is 20.4 Å². The predicted molar refractivity (Wildman–Crippen MR) is 200 cm³/mol. The third-order valence-corrected chi connectivity index (χ3v) is 9.90. The fourth-order valence-corrected chi connectivity index (χ4v) is 7.13. The fraction of sp³-hybridized carbons (Fsp3) is 0.629. The van der Waals surface area contributed by atoms with Crippen LogP contribution in [0.4, 0.5) is 23.5 Å². The van der Waals surface area contributed by atoms with Crippen molar-refractivity contribution in [2.75, 3.05) is 126 Å². The van der Waals surface area contributed by atoms with E-state index >= 15 is 0 Å². The summed E-state index contributed by atoms with van der Waals surface area (Å²) >= 11 is 0. The van der Waals surface area contributed by atoms with Crippen molar-refractivity contribution >= 4 is 47.4 Å². The van der Waals surface area contributed by atoms with Gasteiger partial charge in [-0.05, 0) is 43.4 Å². The number of piperidine rings is 1. The van der Waals surface area contributed by atoms with Gasteiger partial charge in [0.25, 0.3) is 0 Å². The van der Waals surface area contributed by atoms with Gasteiger partial charge in [-0.15, -0.1) is 0 Å². The first-order valence-corrected chi connectivity index (χ1v) is 18.6. The van der Waals surface area contributed by atoms with Crippen LogP contribution >= 0.6 is 0 Å². The van der Waals surface area contributed by atoms with Crippen molar-refractivity contribution in [1.82, 2.24) is 39.9 Å². The van der Waals surface area contributed by atoms with Crippen LogP contribution in [0.1, 0.15) is 24.8 Å². The Kier molecular flexibility index (Phi) is 15.1. The van der Waals surface area contributed by atoms with E-state index in [1.807, 2.05) is 24.3 Å². The van der Waals surface area contributed by atoms with E-state index in [1.165, 1.54) is 6.42 Å². The first-order chi connectivity index (χ1) is 26.0. The third kappa shape index (κ3) is 13.0. The first kappa shape index (κ1) is 40.5. The average molecular weight is 756 g/mol. The van der Waals surface area contributed by atoms with Crippen LogP contribution in [0.15, 0.2) is 24.3 Å². The maximum Gasteiger partial charge on any atom is 0.317 e. The quantitative estimate of drug-likeness (QED) is 0.143. The van der Waals surface area contributed by atoms with E-state index in [0.29, 0.717) is 24.3 Å². The lowest BCUT2D eigenvalue weighted by Gasteiger charge is -2.37. The van der Waals surface area contributed by atoms with Crippen molar-refractivity contribution in [3.63, 3.8) is 0 Å². The molecule has 3 aliphatic heterocycles. The SMILES string of the molecule is O=C(O)CN1CCN(CC(=O)O)CCN(CC(=O)O)C(Cc2ccc(Nc3nc(N4CCCCC4)nc(N4CCNCC4)n3)cc2)CN(CC(=O)O)CC1. The van der Waals surface area contributed by atoms with Crippen molar-refractivity contribution < 1.29 is 39.6 Å². The lowest BCUT2D eigenvalue weighted by Crippen LogP contribution is -2.53. The van der Waals surface area contributed by atoms with Gasteiger partial charge in [-0.1, -0.05) is 12.1 Å². The Hall–Kier alpha value is -4.69. The number of rotatable bonds is 14. The summed E-state index contributed by atoms with van der Waals surface area (Å²) in [6, 6.07) is 7.18. The molecule has 2 aromatic rings. The lowest BCUT2D eigenvalue weighted by atomic mass is 10.0. The largest absolute Gasteiger partial charge is 0.480 e. The van der Waals surface area contributed by atoms with Crippen LogP contribution < -0.4 is 20.4 Å². The second-order valence-corrected chi connectivity index (χ2v) is 14.1. The molecule has 1 unspecified atom stereocenters. The molecule has 3 fully saturated rings. The predicted octanol–water partition coefficient (Wildman–Crippen LogP) is -0.514. The molecule has 4 heterocycles. The number of anilines is 4. The van der Waals surface area contributed by atoms with Crippen LogP contribution in [0.3, 0.4) is 0 Å². The van der Waals surface area contributed by atoms with E-state index in [-0.39, 0.29) is 72.0 Å². The molecule has 0 aliphatic carbocycles. The maximum atomic E-state index is 12.1. The molecule has 5 rings (SSSR count). The van der Waals surface area contributed by atoms with E-state index in [0.717, 1.165) is 63.4 Å². The number of benzene rings is 1. The molecule has 19 heteroatoms. The Bertz CT molecular complexity index is 1520. The number of piperazine rings is 1. The van der Waals surface area contributed by atoms with Gasteiger partial charge in [0.2, 0.25) is 17.8 Å². The van der Waals surface area contributed by atoms with Gasteiger partial charge in [0.15, 0.2) is 0 Å². The zero-order valence-corrected chi connectivity index (χ0v) is 30.7. The highest BCUT2D eigenvalue weighted by Crippen LogP contribution is 2.23. The van der Waals surface area contributed by atoms with E-state index < -0.39 is 29.9 Å². The molecule has 19 nitrogen and oxygen atoms in total. The van der Waals surface area contributed by atoms with Crippen molar-refractivity contribution in [3.8, 4) is 0 Å². The van der Waals surface area contributed by atoms with Gasteiger partial charge in [0, 0.05) is 96.8 Å². The number of nitrogens with one attached hydrogen (secondary N) is 2. The molecule has 1 aromatic heterocycles. The van der Waals surface area contributed by atoms with E-state index in [1.54, 1.807) is 19.6 Å². The number of carbonyl (C=O) groups is 4. The van der Waals surface area contributed by atoms with Crippen molar-refractivity contribution in [3.05, 3.63) is 29.8 Å². The van der Waals surface area contributed by atoms with Crippen LogP contribution in [0, 0.1) is 0 Å². The second-order valence-electron chi connectivity index (χ2n) is 14.1. The lowest BCUT2D eigenvalue weighted by molar-refractivity contribution is -0.142. The molecule has 6 N–H and O–H groups in total. The summed E-state index contributed by atoms with van der Waals surface area (Å²) in [4.78, 5) is 72.9. The Balaban J connectivity index is 1.37. The van der Waals surface area contributed by atoms with Gasteiger partial charge in [-0.25, -0.2) is 0 Å². The van der Waals surface area contributed by atoms with Gasteiger partial charge < -0.3 is 40.9 Å². The van der Waals surface area contributed by atoms with E-state index in [4.69, 9.17) is 15.0 Å². The van der Waals surface area contributed by atoms with Crippen LogP contribution in [0.25, 0.3) is 0 Å². The van der Waals surface area contributed by atoms with Gasteiger partial charge >= 0.3 is 23.9 Å². The molecule has 0 radical (unpaired) electrons. The van der Waals surface area contributed by atoms with Gasteiger partial charge in [0.1, 0.15) is 0 Å². The molecule has 0 bridgehead atoms. The van der Waals surface area contributed by atoms with Gasteiger partial charge in [-0.2, -0.15) is 15.0 Å². The Labute approximate surface area is 314 Å². The van der Waals surface area contributed by atoms with Crippen LogP contribution in [0.5, 0.6) is 0 Å². The summed E-state index contributed by atoms with van der Waals surface area (Å²) in [5.41, 5.74) is 1.63. The van der Waals surface area contributed by atoms with E-state index in [9.17, 15) is 39.6 Å². The molecule has 296 valence electrons. The Morgan fingerprint density at radius 3 is 1.67 bits per heavy atom. The number of nitrogens with zero attached hydrogens (tertiary/aromatic N) is 9. The van der Waals surface area contributed by atoms with Crippen molar-refractivity contribution in [2.45, 2.75) is 31.7 Å². The third-order valence-electron chi connectivity index (χ3n) is 9.90. The molecule has 1 aromatic carbocycles. The number of aromatic nitrogens is 3. The fourth-order valence-electron chi connectivity index (χ4n) is 7.13. The Morgan fingerprint density at radius 1 is 0.611 bits per heavy atom. The maximum absolute atomic E-state index is 12.1. The first-order valence-electron chi connectivity index (χ1n) is 18.6. The number of hydrogen-bond acceptors (Lipinski definition) is 15. The number of carboxylic acids is 4. The molecular weight excluding hydrogens is 702 g/mol. The normalized spacial score (nSPS) is 20.5. The summed E-state index contributed by atoms with van der Waals surface area (Å²) in [5.74, 6) is -2.49. The Morgan fingerprint density at radius 2 is 1.11 bits per heavy atom. The number of carboxylic acid groups (broad SMARTS) is 4. The molecule has 54 heavy (non-hydrogen) atoms. The number of aliphatic carboxylic acids is 4. The monoisotopic (exact) mass is 755 g/mol. The summed E-state index contributed by atoms with van der Waals surface area (Å²) in [7, 11) is 0.